The third-order valence-corrected chi connectivity index (χ3v) is 4.05. The number of nitrogens with zero attached hydrogens (tertiary/aromatic N) is 2. The Bertz CT molecular complexity index is 762. The van der Waals surface area contributed by atoms with Crippen molar-refractivity contribution in [2.45, 2.75) is 6.92 Å². The summed E-state index contributed by atoms with van der Waals surface area (Å²) >= 11 is 0. The van der Waals surface area contributed by atoms with Crippen molar-refractivity contribution in [1.29, 1.82) is 0 Å². The summed E-state index contributed by atoms with van der Waals surface area (Å²) in [4.78, 5) is 31.1. The Morgan fingerprint density at radius 3 is 2.39 bits per heavy atom. The van der Waals surface area contributed by atoms with Crippen LogP contribution in [0.2, 0.25) is 0 Å². The fraction of sp³-hybridized carbons (Fsp3) is 0.294. The van der Waals surface area contributed by atoms with E-state index in [1.165, 1.54) is 24.4 Å². The smallest absolute Gasteiger partial charge is 0.259 e. The lowest BCUT2D eigenvalue weighted by Gasteiger charge is -2.36. The second kappa shape index (κ2) is 6.24. The number of benzene rings is 1. The van der Waals surface area contributed by atoms with Gasteiger partial charge in [-0.25, -0.2) is 4.39 Å². The number of nitrogens with one attached hydrogen (secondary N) is 1. The highest BCUT2D eigenvalue weighted by molar-refractivity contribution is 5.94. The third kappa shape index (κ3) is 3.26. The molecule has 0 aliphatic carbocycles. The van der Waals surface area contributed by atoms with E-state index in [2.05, 4.69) is 9.88 Å². The summed E-state index contributed by atoms with van der Waals surface area (Å²) in [5.74, 6) is -0.508. The normalized spacial score (nSPS) is 14.9. The van der Waals surface area contributed by atoms with Crippen molar-refractivity contribution >= 4 is 11.6 Å². The van der Waals surface area contributed by atoms with Gasteiger partial charge in [0.2, 0.25) is 0 Å². The zero-order valence-corrected chi connectivity index (χ0v) is 12.9. The van der Waals surface area contributed by atoms with Gasteiger partial charge in [-0.2, -0.15) is 0 Å². The Balaban J connectivity index is 1.67. The molecule has 1 aromatic heterocycles. The van der Waals surface area contributed by atoms with Crippen molar-refractivity contribution in [3.63, 3.8) is 0 Å². The molecule has 1 saturated heterocycles. The number of aromatic amines is 1. The van der Waals surface area contributed by atoms with Gasteiger partial charge in [0.25, 0.3) is 5.91 Å². The summed E-state index contributed by atoms with van der Waals surface area (Å²) in [5, 5.41) is 0. The van der Waals surface area contributed by atoms with Crippen molar-refractivity contribution in [2.75, 3.05) is 31.1 Å². The van der Waals surface area contributed by atoms with Crippen LogP contribution in [0.4, 0.5) is 10.1 Å². The van der Waals surface area contributed by atoms with Crippen molar-refractivity contribution in [1.82, 2.24) is 9.88 Å². The molecule has 0 saturated carbocycles. The monoisotopic (exact) mass is 315 g/mol. The molecule has 2 heterocycles. The lowest BCUT2D eigenvalue weighted by molar-refractivity contribution is 0.0745. The van der Waals surface area contributed by atoms with Gasteiger partial charge in [0.15, 0.2) is 5.43 Å². The maximum Gasteiger partial charge on any atom is 0.259 e. The van der Waals surface area contributed by atoms with Crippen molar-refractivity contribution in [3.05, 3.63) is 63.8 Å². The molecular weight excluding hydrogens is 297 g/mol. The number of piperazine rings is 1. The second-order valence-corrected chi connectivity index (χ2v) is 5.65. The molecule has 1 N–H and O–H groups in total. The van der Waals surface area contributed by atoms with Gasteiger partial charge < -0.3 is 14.8 Å². The molecule has 0 bridgehead atoms. The fourth-order valence-corrected chi connectivity index (χ4v) is 2.73. The lowest BCUT2D eigenvalue weighted by atomic mass is 10.2. The number of anilines is 1. The number of rotatable bonds is 2. The molecule has 3 rings (SSSR count). The molecule has 1 fully saturated rings. The van der Waals surface area contributed by atoms with Crippen LogP contribution in [-0.2, 0) is 0 Å². The van der Waals surface area contributed by atoms with Gasteiger partial charge in [0, 0.05) is 49.8 Å². The van der Waals surface area contributed by atoms with E-state index in [-0.39, 0.29) is 22.7 Å². The molecule has 0 unspecified atom stereocenters. The van der Waals surface area contributed by atoms with Crippen molar-refractivity contribution in [2.24, 2.45) is 0 Å². The number of aromatic nitrogens is 1. The SMILES string of the molecule is Cc1cc(=O)c(C(=O)N2CCN(c3ccc(F)cc3)CC2)c[nH]1. The van der Waals surface area contributed by atoms with Crippen LogP contribution in [-0.4, -0.2) is 42.0 Å². The van der Waals surface area contributed by atoms with E-state index in [0.717, 1.165) is 11.4 Å². The van der Waals surface area contributed by atoms with E-state index in [4.69, 9.17) is 0 Å². The molecule has 0 radical (unpaired) electrons. The van der Waals surface area contributed by atoms with Gasteiger partial charge in [0.1, 0.15) is 11.4 Å². The molecule has 1 aliphatic heterocycles. The number of carbonyl (C=O) groups is 1. The molecule has 6 heteroatoms. The summed E-state index contributed by atoms with van der Waals surface area (Å²) < 4.78 is 13.0. The molecular formula is C17H18FN3O2. The van der Waals surface area contributed by atoms with E-state index in [0.29, 0.717) is 26.2 Å². The predicted molar refractivity (Wildman–Crippen MR) is 86.3 cm³/mol. The van der Waals surface area contributed by atoms with E-state index in [1.54, 1.807) is 24.0 Å². The number of aryl methyl sites for hydroxylation is 1. The van der Waals surface area contributed by atoms with Gasteiger partial charge in [-0.05, 0) is 31.2 Å². The minimum atomic E-state index is -0.263. The minimum absolute atomic E-state index is 0.172. The van der Waals surface area contributed by atoms with E-state index >= 15 is 0 Å². The Morgan fingerprint density at radius 1 is 1.13 bits per heavy atom. The fourth-order valence-electron chi connectivity index (χ4n) is 2.73. The number of H-pyrrole nitrogens is 1. The number of carbonyl (C=O) groups excluding carboxylic acids is 1. The van der Waals surface area contributed by atoms with Crippen LogP contribution in [0.3, 0.4) is 0 Å². The van der Waals surface area contributed by atoms with Crippen LogP contribution < -0.4 is 10.3 Å². The Labute approximate surface area is 133 Å². The highest BCUT2D eigenvalue weighted by Crippen LogP contribution is 2.17. The molecule has 120 valence electrons. The number of amides is 1. The molecule has 23 heavy (non-hydrogen) atoms. The summed E-state index contributed by atoms with van der Waals surface area (Å²) in [7, 11) is 0. The van der Waals surface area contributed by atoms with E-state index in [1.807, 2.05) is 0 Å². The molecule has 0 atom stereocenters. The van der Waals surface area contributed by atoms with Crippen LogP contribution in [0, 0.1) is 12.7 Å². The van der Waals surface area contributed by atoms with E-state index < -0.39 is 0 Å². The molecule has 2 aromatic rings. The molecule has 1 aromatic carbocycles. The van der Waals surface area contributed by atoms with Gasteiger partial charge in [-0.1, -0.05) is 0 Å². The highest BCUT2D eigenvalue weighted by atomic mass is 19.1. The van der Waals surface area contributed by atoms with E-state index in [9.17, 15) is 14.0 Å². The largest absolute Gasteiger partial charge is 0.368 e. The van der Waals surface area contributed by atoms with Gasteiger partial charge >= 0.3 is 0 Å². The summed E-state index contributed by atoms with van der Waals surface area (Å²) in [6.45, 7) is 4.15. The highest BCUT2D eigenvalue weighted by Gasteiger charge is 2.23. The number of pyridine rings is 1. The first-order chi connectivity index (χ1) is 11.0. The first-order valence-corrected chi connectivity index (χ1v) is 7.54. The average Bonchev–Trinajstić information content (AvgIpc) is 2.55. The van der Waals surface area contributed by atoms with Crippen LogP contribution in [0.1, 0.15) is 16.1 Å². The van der Waals surface area contributed by atoms with Gasteiger partial charge in [0.05, 0.1) is 0 Å². The third-order valence-electron chi connectivity index (χ3n) is 4.05. The van der Waals surface area contributed by atoms with Crippen molar-refractivity contribution < 1.29 is 9.18 Å². The van der Waals surface area contributed by atoms with Crippen molar-refractivity contribution in [3.8, 4) is 0 Å². The summed E-state index contributed by atoms with van der Waals surface area (Å²) in [5.41, 5.74) is 1.58. The lowest BCUT2D eigenvalue weighted by Crippen LogP contribution is -2.49. The summed E-state index contributed by atoms with van der Waals surface area (Å²) in [6.07, 6.45) is 1.48. The van der Waals surface area contributed by atoms with Gasteiger partial charge in [-0.3, -0.25) is 9.59 Å². The zero-order valence-electron chi connectivity index (χ0n) is 12.9. The quantitative estimate of drug-likeness (QED) is 0.919. The maximum absolute atomic E-state index is 13.0. The molecule has 0 spiro atoms. The first kappa shape index (κ1) is 15.3. The number of hydrogen-bond acceptors (Lipinski definition) is 3. The van der Waals surface area contributed by atoms with Crippen LogP contribution in [0.25, 0.3) is 0 Å². The molecule has 1 aliphatic rings. The van der Waals surface area contributed by atoms with Crippen LogP contribution in [0.5, 0.6) is 0 Å². The predicted octanol–water partition coefficient (Wildman–Crippen LogP) is 1.78. The number of hydrogen-bond donors (Lipinski definition) is 1. The van der Waals surface area contributed by atoms with Crippen LogP contribution >= 0.6 is 0 Å². The van der Waals surface area contributed by atoms with Crippen LogP contribution in [0.15, 0.2) is 41.3 Å². The Morgan fingerprint density at radius 2 is 1.78 bits per heavy atom. The molecule has 1 amide bonds. The maximum atomic E-state index is 13.0. The average molecular weight is 315 g/mol. The second-order valence-electron chi connectivity index (χ2n) is 5.65. The molecule has 5 nitrogen and oxygen atoms in total. The Kier molecular flexibility index (Phi) is 4.14. The first-order valence-electron chi connectivity index (χ1n) is 7.54. The number of halogens is 1. The van der Waals surface area contributed by atoms with Gasteiger partial charge in [-0.15, -0.1) is 0 Å². The topological polar surface area (TPSA) is 56.4 Å². The zero-order chi connectivity index (χ0) is 16.4. The minimum Gasteiger partial charge on any atom is -0.368 e. The standard InChI is InChI=1S/C17H18FN3O2/c1-12-10-16(22)15(11-19-12)17(23)21-8-6-20(7-9-21)14-4-2-13(18)3-5-14/h2-5,10-11H,6-9H2,1H3,(H,19,22). The Hall–Kier alpha value is -2.63. The summed E-state index contributed by atoms with van der Waals surface area (Å²) in [6, 6.07) is 7.76.